The standard InChI is InChI=1S/C17H21NO/c1-4-19-16-8-6-5-7-14(16)17(18)15-11-12(2)9-10-13(15)3/h5-11,17H,4,18H2,1-3H3. The topological polar surface area (TPSA) is 35.2 Å². The molecule has 1 unspecified atom stereocenters. The van der Waals surface area contributed by atoms with Crippen LogP contribution in [0.15, 0.2) is 42.5 Å². The molecule has 1 atom stereocenters. The summed E-state index contributed by atoms with van der Waals surface area (Å²) in [7, 11) is 0. The molecule has 19 heavy (non-hydrogen) atoms. The van der Waals surface area contributed by atoms with Gasteiger partial charge in [0.25, 0.3) is 0 Å². The summed E-state index contributed by atoms with van der Waals surface area (Å²) in [6.07, 6.45) is 0. The molecule has 2 aromatic rings. The van der Waals surface area contributed by atoms with Gasteiger partial charge in [-0.2, -0.15) is 0 Å². The molecule has 0 amide bonds. The van der Waals surface area contributed by atoms with Crippen LogP contribution in [-0.4, -0.2) is 6.61 Å². The molecule has 2 aromatic carbocycles. The zero-order valence-electron chi connectivity index (χ0n) is 11.8. The van der Waals surface area contributed by atoms with Crippen LogP contribution in [0.2, 0.25) is 0 Å². The van der Waals surface area contributed by atoms with Crippen LogP contribution < -0.4 is 10.5 Å². The van der Waals surface area contributed by atoms with Crippen molar-refractivity contribution in [1.82, 2.24) is 0 Å². The zero-order valence-corrected chi connectivity index (χ0v) is 11.8. The predicted molar refractivity (Wildman–Crippen MR) is 79.6 cm³/mol. The van der Waals surface area contributed by atoms with E-state index < -0.39 is 0 Å². The highest BCUT2D eigenvalue weighted by Gasteiger charge is 2.15. The van der Waals surface area contributed by atoms with E-state index in [-0.39, 0.29) is 6.04 Å². The number of nitrogens with two attached hydrogens (primary N) is 1. The highest BCUT2D eigenvalue weighted by atomic mass is 16.5. The summed E-state index contributed by atoms with van der Waals surface area (Å²) < 4.78 is 5.67. The molecule has 2 nitrogen and oxygen atoms in total. The van der Waals surface area contributed by atoms with Crippen LogP contribution in [-0.2, 0) is 0 Å². The van der Waals surface area contributed by atoms with E-state index in [1.165, 1.54) is 11.1 Å². The van der Waals surface area contributed by atoms with E-state index in [9.17, 15) is 0 Å². The van der Waals surface area contributed by atoms with Crippen molar-refractivity contribution in [3.8, 4) is 5.75 Å². The molecule has 0 saturated heterocycles. The van der Waals surface area contributed by atoms with E-state index in [2.05, 4.69) is 32.0 Å². The third-order valence-electron chi connectivity index (χ3n) is 3.32. The van der Waals surface area contributed by atoms with Crippen LogP contribution in [0, 0.1) is 13.8 Å². The molecule has 0 saturated carbocycles. The fourth-order valence-electron chi connectivity index (χ4n) is 2.29. The summed E-state index contributed by atoms with van der Waals surface area (Å²) in [5.41, 5.74) is 11.1. The first kappa shape index (κ1) is 13.6. The molecule has 2 rings (SSSR count). The Bertz CT molecular complexity index is 563. The summed E-state index contributed by atoms with van der Waals surface area (Å²) in [5, 5.41) is 0. The maximum absolute atomic E-state index is 6.44. The second-order valence-corrected chi connectivity index (χ2v) is 4.81. The van der Waals surface area contributed by atoms with E-state index in [1.807, 2.05) is 31.2 Å². The highest BCUT2D eigenvalue weighted by molar-refractivity contribution is 5.44. The van der Waals surface area contributed by atoms with Crippen molar-refractivity contribution in [2.75, 3.05) is 6.61 Å². The van der Waals surface area contributed by atoms with Crippen molar-refractivity contribution in [2.24, 2.45) is 5.73 Å². The average Bonchev–Trinajstić information content (AvgIpc) is 2.42. The largest absolute Gasteiger partial charge is 0.494 e. The quantitative estimate of drug-likeness (QED) is 0.903. The van der Waals surface area contributed by atoms with E-state index >= 15 is 0 Å². The van der Waals surface area contributed by atoms with E-state index in [1.54, 1.807) is 0 Å². The molecule has 0 aliphatic heterocycles. The minimum absolute atomic E-state index is 0.150. The molecule has 0 bridgehead atoms. The van der Waals surface area contributed by atoms with Crippen molar-refractivity contribution < 1.29 is 4.74 Å². The Labute approximate surface area is 115 Å². The minimum Gasteiger partial charge on any atom is -0.494 e. The second kappa shape index (κ2) is 5.89. The Morgan fingerprint density at radius 3 is 2.53 bits per heavy atom. The lowest BCUT2D eigenvalue weighted by Gasteiger charge is -2.19. The van der Waals surface area contributed by atoms with Gasteiger partial charge in [-0.05, 0) is 38.0 Å². The summed E-state index contributed by atoms with van der Waals surface area (Å²) >= 11 is 0. The molecule has 2 N–H and O–H groups in total. The molecule has 0 aliphatic rings. The van der Waals surface area contributed by atoms with Gasteiger partial charge in [0, 0.05) is 5.56 Å². The van der Waals surface area contributed by atoms with Crippen molar-refractivity contribution in [3.63, 3.8) is 0 Å². The summed E-state index contributed by atoms with van der Waals surface area (Å²) in [6.45, 7) is 6.82. The second-order valence-electron chi connectivity index (χ2n) is 4.81. The van der Waals surface area contributed by atoms with Gasteiger partial charge in [0.2, 0.25) is 0 Å². The predicted octanol–water partition coefficient (Wildman–Crippen LogP) is 3.75. The maximum Gasteiger partial charge on any atom is 0.124 e. The summed E-state index contributed by atoms with van der Waals surface area (Å²) in [4.78, 5) is 0. The van der Waals surface area contributed by atoms with Gasteiger partial charge in [0.05, 0.1) is 12.6 Å². The van der Waals surface area contributed by atoms with E-state index in [0.717, 1.165) is 16.9 Å². The maximum atomic E-state index is 6.44. The molecular formula is C17H21NO. The highest BCUT2D eigenvalue weighted by Crippen LogP contribution is 2.30. The van der Waals surface area contributed by atoms with Crippen molar-refractivity contribution >= 4 is 0 Å². The van der Waals surface area contributed by atoms with Crippen molar-refractivity contribution in [3.05, 3.63) is 64.7 Å². The molecule has 0 radical (unpaired) electrons. The van der Waals surface area contributed by atoms with Gasteiger partial charge in [0.15, 0.2) is 0 Å². The monoisotopic (exact) mass is 255 g/mol. The third kappa shape index (κ3) is 2.96. The minimum atomic E-state index is -0.150. The Morgan fingerprint density at radius 1 is 1.05 bits per heavy atom. The van der Waals surface area contributed by atoms with Gasteiger partial charge in [0.1, 0.15) is 5.75 Å². The zero-order chi connectivity index (χ0) is 13.8. The van der Waals surface area contributed by atoms with Gasteiger partial charge in [-0.3, -0.25) is 0 Å². The molecule has 0 aromatic heterocycles. The van der Waals surface area contributed by atoms with E-state index in [0.29, 0.717) is 6.61 Å². The lowest BCUT2D eigenvalue weighted by molar-refractivity contribution is 0.335. The van der Waals surface area contributed by atoms with E-state index in [4.69, 9.17) is 10.5 Å². The van der Waals surface area contributed by atoms with Gasteiger partial charge in [-0.15, -0.1) is 0 Å². The number of ether oxygens (including phenoxy) is 1. The lowest BCUT2D eigenvalue weighted by Crippen LogP contribution is -2.15. The van der Waals surface area contributed by atoms with Crippen LogP contribution in [0.5, 0.6) is 5.75 Å². The first-order valence-electron chi connectivity index (χ1n) is 6.68. The molecule has 0 fully saturated rings. The number of para-hydroxylation sites is 1. The van der Waals surface area contributed by atoms with Gasteiger partial charge < -0.3 is 10.5 Å². The fraction of sp³-hybridized carbons (Fsp3) is 0.294. The van der Waals surface area contributed by atoms with Crippen molar-refractivity contribution in [2.45, 2.75) is 26.8 Å². The van der Waals surface area contributed by atoms with Gasteiger partial charge in [-0.1, -0.05) is 42.0 Å². The summed E-state index contributed by atoms with van der Waals surface area (Å²) in [6, 6.07) is 14.2. The number of aryl methyl sites for hydroxylation is 2. The SMILES string of the molecule is CCOc1ccccc1C(N)c1cc(C)ccc1C. The Balaban J connectivity index is 2.43. The van der Waals surface area contributed by atoms with Crippen molar-refractivity contribution in [1.29, 1.82) is 0 Å². The number of hydrogen-bond donors (Lipinski definition) is 1. The normalized spacial score (nSPS) is 12.2. The first-order valence-corrected chi connectivity index (χ1v) is 6.68. The molecule has 2 heteroatoms. The molecular weight excluding hydrogens is 234 g/mol. The molecule has 100 valence electrons. The Morgan fingerprint density at radius 2 is 1.79 bits per heavy atom. The smallest absolute Gasteiger partial charge is 0.124 e. The number of benzene rings is 2. The first-order chi connectivity index (χ1) is 9.13. The van der Waals surface area contributed by atoms with Gasteiger partial charge in [-0.25, -0.2) is 0 Å². The fourth-order valence-corrected chi connectivity index (χ4v) is 2.29. The third-order valence-corrected chi connectivity index (χ3v) is 3.32. The Hall–Kier alpha value is -1.80. The van der Waals surface area contributed by atoms with Crippen LogP contribution >= 0.6 is 0 Å². The van der Waals surface area contributed by atoms with Gasteiger partial charge >= 0.3 is 0 Å². The van der Waals surface area contributed by atoms with Crippen LogP contribution in [0.1, 0.15) is 35.2 Å². The molecule has 0 aliphatic carbocycles. The van der Waals surface area contributed by atoms with Crippen LogP contribution in [0.3, 0.4) is 0 Å². The Kier molecular flexibility index (Phi) is 4.23. The lowest BCUT2D eigenvalue weighted by atomic mass is 9.94. The van der Waals surface area contributed by atoms with Crippen LogP contribution in [0.25, 0.3) is 0 Å². The average molecular weight is 255 g/mol. The molecule has 0 heterocycles. The summed E-state index contributed by atoms with van der Waals surface area (Å²) in [5.74, 6) is 0.874. The molecule has 0 spiro atoms. The van der Waals surface area contributed by atoms with Crippen LogP contribution in [0.4, 0.5) is 0 Å². The number of rotatable bonds is 4. The number of hydrogen-bond acceptors (Lipinski definition) is 2.